The van der Waals surface area contributed by atoms with Crippen LogP contribution in [0.3, 0.4) is 0 Å². The van der Waals surface area contributed by atoms with Crippen molar-refractivity contribution in [3.8, 4) is 0 Å². The van der Waals surface area contributed by atoms with Crippen LogP contribution in [0.2, 0.25) is 0 Å². The number of nitrogens with one attached hydrogen (secondary N) is 1. The van der Waals surface area contributed by atoms with Gasteiger partial charge in [-0.15, -0.1) is 0 Å². The topological polar surface area (TPSA) is 98.8 Å². The van der Waals surface area contributed by atoms with Crippen molar-refractivity contribution in [3.05, 3.63) is 58.7 Å². The van der Waals surface area contributed by atoms with Crippen molar-refractivity contribution in [3.63, 3.8) is 0 Å². The van der Waals surface area contributed by atoms with E-state index in [4.69, 9.17) is 5.73 Å². The maximum Gasteiger partial charge on any atom is 0.489 e. The second-order valence-electron chi connectivity index (χ2n) is 7.97. The van der Waals surface area contributed by atoms with Crippen LogP contribution in [-0.4, -0.2) is 47.6 Å². The highest BCUT2D eigenvalue weighted by Gasteiger charge is 2.31. The molecule has 0 aliphatic carbocycles. The van der Waals surface area contributed by atoms with Crippen LogP contribution in [0, 0.1) is 0 Å². The van der Waals surface area contributed by atoms with Gasteiger partial charge in [0, 0.05) is 42.9 Å². The van der Waals surface area contributed by atoms with Crippen molar-refractivity contribution < 1.29 is 14.8 Å². The van der Waals surface area contributed by atoms with Crippen LogP contribution in [0.5, 0.6) is 0 Å². The van der Waals surface area contributed by atoms with E-state index in [0.29, 0.717) is 36.6 Å². The SMILES string of the molecule is NCc1cccc(C2CCN(C(=O)c3ccc4c(c3B(O)O)CCCN4)CC2)c1. The van der Waals surface area contributed by atoms with Crippen LogP contribution in [-0.2, 0) is 13.0 Å². The third kappa shape index (κ3) is 4.03. The van der Waals surface area contributed by atoms with Gasteiger partial charge >= 0.3 is 7.12 Å². The molecule has 2 aromatic rings. The van der Waals surface area contributed by atoms with E-state index in [-0.39, 0.29) is 5.91 Å². The summed E-state index contributed by atoms with van der Waals surface area (Å²) in [6, 6.07) is 12.0. The van der Waals surface area contributed by atoms with E-state index < -0.39 is 7.12 Å². The number of nitrogens with zero attached hydrogens (tertiary/aromatic N) is 1. The minimum absolute atomic E-state index is 0.115. The van der Waals surface area contributed by atoms with Crippen LogP contribution in [0.4, 0.5) is 5.69 Å². The summed E-state index contributed by atoms with van der Waals surface area (Å²) in [6.45, 7) is 2.71. The van der Waals surface area contributed by atoms with Gasteiger partial charge in [0.2, 0.25) is 0 Å². The zero-order chi connectivity index (χ0) is 20.4. The van der Waals surface area contributed by atoms with Crippen LogP contribution < -0.4 is 16.5 Å². The summed E-state index contributed by atoms with van der Waals surface area (Å²) in [6.07, 6.45) is 3.44. The first-order chi connectivity index (χ1) is 14.1. The number of anilines is 1. The third-order valence-corrected chi connectivity index (χ3v) is 6.21. The number of amides is 1. The van der Waals surface area contributed by atoms with Gasteiger partial charge in [-0.2, -0.15) is 0 Å². The fourth-order valence-corrected chi connectivity index (χ4v) is 4.63. The predicted molar refractivity (Wildman–Crippen MR) is 115 cm³/mol. The Hall–Kier alpha value is -2.35. The molecule has 7 heteroatoms. The van der Waals surface area contributed by atoms with Gasteiger partial charge in [-0.25, -0.2) is 0 Å². The van der Waals surface area contributed by atoms with Gasteiger partial charge in [0.05, 0.1) is 0 Å². The van der Waals surface area contributed by atoms with E-state index in [0.717, 1.165) is 49.0 Å². The maximum atomic E-state index is 13.2. The Bertz CT molecular complexity index is 895. The Kier molecular flexibility index (Phi) is 5.90. The molecule has 2 aliphatic heterocycles. The minimum Gasteiger partial charge on any atom is -0.423 e. The van der Waals surface area contributed by atoms with Crippen molar-refractivity contribution in [2.75, 3.05) is 25.0 Å². The first kappa shape index (κ1) is 19.9. The van der Waals surface area contributed by atoms with E-state index in [1.807, 2.05) is 23.1 Å². The number of carbonyl (C=O) groups excluding carboxylic acids is 1. The Balaban J connectivity index is 1.51. The van der Waals surface area contributed by atoms with E-state index in [9.17, 15) is 14.8 Å². The molecule has 1 saturated heterocycles. The van der Waals surface area contributed by atoms with Crippen molar-refractivity contribution in [2.24, 2.45) is 5.73 Å². The number of nitrogens with two attached hydrogens (primary N) is 1. The lowest BCUT2D eigenvalue weighted by Gasteiger charge is -2.33. The van der Waals surface area contributed by atoms with Gasteiger partial charge in [-0.05, 0) is 60.4 Å². The highest BCUT2D eigenvalue weighted by Crippen LogP contribution is 2.30. The van der Waals surface area contributed by atoms with E-state index >= 15 is 0 Å². The smallest absolute Gasteiger partial charge is 0.423 e. The zero-order valence-corrected chi connectivity index (χ0v) is 16.6. The molecular weight excluding hydrogens is 365 g/mol. The quantitative estimate of drug-likeness (QED) is 0.586. The molecule has 0 radical (unpaired) electrons. The predicted octanol–water partition coefficient (Wildman–Crippen LogP) is 1.20. The molecule has 5 N–H and O–H groups in total. The normalized spacial score (nSPS) is 16.9. The molecule has 1 fully saturated rings. The minimum atomic E-state index is -1.65. The maximum absolute atomic E-state index is 13.2. The number of fused-ring (bicyclic) bond motifs is 1. The summed E-state index contributed by atoms with van der Waals surface area (Å²) in [5.41, 5.74) is 10.7. The monoisotopic (exact) mass is 393 g/mol. The Morgan fingerprint density at radius 1 is 1.21 bits per heavy atom. The number of hydrogen-bond acceptors (Lipinski definition) is 5. The van der Waals surface area contributed by atoms with Crippen LogP contribution in [0.15, 0.2) is 36.4 Å². The summed E-state index contributed by atoms with van der Waals surface area (Å²) in [5.74, 6) is 0.303. The van der Waals surface area contributed by atoms with Crippen molar-refractivity contribution in [2.45, 2.75) is 38.1 Å². The second kappa shape index (κ2) is 8.57. The lowest BCUT2D eigenvalue weighted by Crippen LogP contribution is -2.45. The molecule has 6 nitrogen and oxygen atoms in total. The number of piperidine rings is 1. The van der Waals surface area contributed by atoms with E-state index in [1.54, 1.807) is 6.07 Å². The molecule has 29 heavy (non-hydrogen) atoms. The molecule has 0 unspecified atom stereocenters. The standard InChI is InChI=1S/C22H28BN3O3/c24-14-15-3-1-4-17(13-15)16-8-11-26(12-9-16)22(27)19-6-7-20-18(5-2-10-25-20)21(19)23(28)29/h1,3-4,6-7,13,16,25,28-29H,2,5,8-12,14,24H2. The molecular formula is C22H28BN3O3. The molecule has 1 amide bonds. The zero-order valence-electron chi connectivity index (χ0n) is 16.6. The highest BCUT2D eigenvalue weighted by molar-refractivity contribution is 6.61. The van der Waals surface area contributed by atoms with Gasteiger partial charge in [0.25, 0.3) is 5.91 Å². The summed E-state index contributed by atoms with van der Waals surface area (Å²) in [5, 5.41) is 23.3. The van der Waals surface area contributed by atoms with E-state index in [2.05, 4.69) is 17.4 Å². The van der Waals surface area contributed by atoms with Crippen LogP contribution in [0.25, 0.3) is 0 Å². The Morgan fingerprint density at radius 2 is 2.00 bits per heavy atom. The number of carbonyl (C=O) groups is 1. The van der Waals surface area contributed by atoms with Crippen molar-refractivity contribution in [1.29, 1.82) is 0 Å². The largest absolute Gasteiger partial charge is 0.489 e. The Morgan fingerprint density at radius 3 is 2.72 bits per heavy atom. The average Bonchev–Trinajstić information content (AvgIpc) is 2.77. The lowest BCUT2D eigenvalue weighted by molar-refractivity contribution is 0.0713. The second-order valence-corrected chi connectivity index (χ2v) is 7.97. The van der Waals surface area contributed by atoms with E-state index in [1.165, 1.54) is 5.56 Å². The molecule has 0 aromatic heterocycles. The van der Waals surface area contributed by atoms with Crippen LogP contribution >= 0.6 is 0 Å². The molecule has 2 aromatic carbocycles. The summed E-state index contributed by atoms with van der Waals surface area (Å²) < 4.78 is 0. The first-order valence-electron chi connectivity index (χ1n) is 10.4. The highest BCUT2D eigenvalue weighted by atomic mass is 16.4. The number of hydrogen-bond donors (Lipinski definition) is 4. The summed E-state index contributed by atoms with van der Waals surface area (Å²) in [4.78, 5) is 15.1. The van der Waals surface area contributed by atoms with Crippen molar-refractivity contribution >= 4 is 24.2 Å². The molecule has 0 bridgehead atoms. The van der Waals surface area contributed by atoms with Gasteiger partial charge < -0.3 is 26.0 Å². The van der Waals surface area contributed by atoms with Gasteiger partial charge in [-0.1, -0.05) is 24.3 Å². The summed E-state index contributed by atoms with van der Waals surface area (Å²) >= 11 is 0. The Labute approximate surface area is 171 Å². The molecule has 2 aliphatic rings. The number of benzene rings is 2. The van der Waals surface area contributed by atoms with Crippen molar-refractivity contribution in [1.82, 2.24) is 4.90 Å². The summed E-state index contributed by atoms with van der Waals surface area (Å²) in [7, 11) is -1.65. The van der Waals surface area contributed by atoms with Gasteiger partial charge in [0.1, 0.15) is 0 Å². The lowest BCUT2D eigenvalue weighted by atomic mass is 9.71. The first-order valence-corrected chi connectivity index (χ1v) is 10.4. The third-order valence-electron chi connectivity index (χ3n) is 6.21. The molecule has 152 valence electrons. The number of rotatable bonds is 4. The molecule has 0 saturated carbocycles. The molecule has 0 atom stereocenters. The van der Waals surface area contributed by atoms with Gasteiger partial charge in [0.15, 0.2) is 0 Å². The van der Waals surface area contributed by atoms with Crippen LogP contribution in [0.1, 0.15) is 52.2 Å². The number of likely N-dealkylation sites (tertiary alicyclic amines) is 1. The average molecular weight is 393 g/mol. The molecule has 4 rings (SSSR count). The fraction of sp³-hybridized carbons (Fsp3) is 0.409. The molecule has 0 spiro atoms. The van der Waals surface area contributed by atoms with Gasteiger partial charge in [-0.3, -0.25) is 4.79 Å². The fourth-order valence-electron chi connectivity index (χ4n) is 4.63. The molecule has 2 heterocycles.